The topological polar surface area (TPSA) is 75.3 Å². The minimum Gasteiger partial charge on any atom is -0.374 e. The number of aromatic nitrogens is 2. The van der Waals surface area contributed by atoms with E-state index in [9.17, 15) is 4.79 Å². The van der Waals surface area contributed by atoms with Crippen molar-refractivity contribution in [2.75, 3.05) is 32.4 Å². The molecule has 6 nitrogen and oxygen atoms in total. The van der Waals surface area contributed by atoms with Gasteiger partial charge in [0.1, 0.15) is 0 Å². The molecular formula is C9H15N5OS. The summed E-state index contributed by atoms with van der Waals surface area (Å²) in [5, 5.41) is 8.17. The Bertz CT molecular complexity index is 393. The number of carbonyl (C=O) groups excluding carboxylic acids is 1. The number of carbonyl (C=O) groups is 1. The second-order valence-corrected chi connectivity index (χ2v) is 5.06. The van der Waals surface area contributed by atoms with Gasteiger partial charge in [0.15, 0.2) is 0 Å². The van der Waals surface area contributed by atoms with Crippen molar-refractivity contribution in [1.82, 2.24) is 20.0 Å². The van der Waals surface area contributed by atoms with Crippen LogP contribution in [0.2, 0.25) is 0 Å². The van der Waals surface area contributed by atoms with Crippen LogP contribution in [0.5, 0.6) is 0 Å². The fourth-order valence-corrected chi connectivity index (χ4v) is 2.45. The highest BCUT2D eigenvalue weighted by Crippen LogP contribution is 2.17. The van der Waals surface area contributed by atoms with Crippen LogP contribution in [-0.2, 0) is 0 Å². The largest absolute Gasteiger partial charge is 0.374 e. The number of piperazine rings is 1. The van der Waals surface area contributed by atoms with Gasteiger partial charge in [0.25, 0.3) is 5.91 Å². The molecule has 7 heteroatoms. The lowest BCUT2D eigenvalue weighted by Crippen LogP contribution is -2.52. The minimum absolute atomic E-state index is 0.0604. The van der Waals surface area contributed by atoms with Crippen LogP contribution in [0, 0.1) is 0 Å². The molecule has 1 aliphatic rings. The van der Waals surface area contributed by atoms with E-state index >= 15 is 0 Å². The van der Waals surface area contributed by atoms with E-state index in [4.69, 9.17) is 5.73 Å². The third kappa shape index (κ3) is 2.14. The highest BCUT2D eigenvalue weighted by Gasteiger charge is 2.28. The van der Waals surface area contributed by atoms with E-state index < -0.39 is 0 Å². The van der Waals surface area contributed by atoms with Gasteiger partial charge in [0, 0.05) is 25.7 Å². The summed E-state index contributed by atoms with van der Waals surface area (Å²) in [6, 6.07) is 0.205. The fourth-order valence-electron chi connectivity index (χ4n) is 1.89. The van der Waals surface area contributed by atoms with Crippen molar-refractivity contribution in [3.63, 3.8) is 0 Å². The first kappa shape index (κ1) is 11.3. The molecule has 0 spiro atoms. The number of nitrogens with zero attached hydrogens (tertiary/aromatic N) is 4. The molecule has 88 valence electrons. The SMILES string of the molecule is CC1CN(C)CCN1C(=O)c1nnc(N)s1. The van der Waals surface area contributed by atoms with Crippen LogP contribution in [0.15, 0.2) is 0 Å². The van der Waals surface area contributed by atoms with Gasteiger partial charge in [-0.3, -0.25) is 4.79 Å². The Balaban J connectivity index is 2.10. The van der Waals surface area contributed by atoms with Crippen molar-refractivity contribution < 1.29 is 4.79 Å². The monoisotopic (exact) mass is 241 g/mol. The van der Waals surface area contributed by atoms with Gasteiger partial charge in [-0.1, -0.05) is 11.3 Å². The first-order valence-electron chi connectivity index (χ1n) is 5.16. The molecular weight excluding hydrogens is 226 g/mol. The van der Waals surface area contributed by atoms with Gasteiger partial charge in [0.05, 0.1) is 0 Å². The molecule has 0 aliphatic carbocycles. The number of likely N-dealkylation sites (N-methyl/N-ethyl adjacent to an activating group) is 1. The molecule has 1 aromatic rings. The number of hydrogen-bond donors (Lipinski definition) is 1. The summed E-state index contributed by atoms with van der Waals surface area (Å²) in [4.78, 5) is 16.1. The summed E-state index contributed by atoms with van der Waals surface area (Å²) >= 11 is 1.14. The quantitative estimate of drug-likeness (QED) is 0.743. The lowest BCUT2D eigenvalue weighted by molar-refractivity contribution is 0.0532. The normalized spacial score (nSPS) is 22.4. The summed E-state index contributed by atoms with van der Waals surface area (Å²) < 4.78 is 0. The molecule has 1 amide bonds. The van der Waals surface area contributed by atoms with Crippen molar-refractivity contribution in [2.45, 2.75) is 13.0 Å². The van der Waals surface area contributed by atoms with E-state index in [1.54, 1.807) is 0 Å². The second-order valence-electron chi connectivity index (χ2n) is 4.06. The molecule has 1 aromatic heterocycles. The van der Waals surface area contributed by atoms with Gasteiger partial charge >= 0.3 is 0 Å². The summed E-state index contributed by atoms with van der Waals surface area (Å²) in [6.45, 7) is 4.55. The lowest BCUT2D eigenvalue weighted by atomic mass is 10.2. The zero-order valence-corrected chi connectivity index (χ0v) is 10.2. The predicted octanol–water partition coefficient (Wildman–Crippen LogP) is -0.104. The number of anilines is 1. The van der Waals surface area contributed by atoms with E-state index in [0.717, 1.165) is 31.0 Å². The molecule has 0 aromatic carbocycles. The molecule has 1 saturated heterocycles. The van der Waals surface area contributed by atoms with Crippen molar-refractivity contribution in [1.29, 1.82) is 0 Å². The molecule has 2 N–H and O–H groups in total. The fraction of sp³-hybridized carbons (Fsp3) is 0.667. The Morgan fingerprint density at radius 2 is 2.25 bits per heavy atom. The molecule has 1 unspecified atom stereocenters. The first-order valence-corrected chi connectivity index (χ1v) is 5.98. The number of rotatable bonds is 1. The molecule has 2 heterocycles. The number of nitrogen functional groups attached to an aromatic ring is 1. The van der Waals surface area contributed by atoms with Crippen molar-refractivity contribution in [3.8, 4) is 0 Å². The Morgan fingerprint density at radius 3 is 2.81 bits per heavy atom. The van der Waals surface area contributed by atoms with Crippen LogP contribution in [0.3, 0.4) is 0 Å². The summed E-state index contributed by atoms with van der Waals surface area (Å²) in [6.07, 6.45) is 0. The van der Waals surface area contributed by atoms with E-state index in [1.807, 2.05) is 11.8 Å². The first-order chi connectivity index (χ1) is 7.58. The smallest absolute Gasteiger partial charge is 0.285 e. The van der Waals surface area contributed by atoms with E-state index in [0.29, 0.717) is 10.1 Å². The Morgan fingerprint density at radius 1 is 1.50 bits per heavy atom. The van der Waals surface area contributed by atoms with Crippen LogP contribution in [-0.4, -0.2) is 58.6 Å². The van der Waals surface area contributed by atoms with Crippen molar-refractivity contribution >= 4 is 22.4 Å². The van der Waals surface area contributed by atoms with Crippen molar-refractivity contribution in [3.05, 3.63) is 5.01 Å². The molecule has 1 fully saturated rings. The average Bonchev–Trinajstić information content (AvgIpc) is 2.64. The molecule has 16 heavy (non-hydrogen) atoms. The highest BCUT2D eigenvalue weighted by molar-refractivity contribution is 7.16. The van der Waals surface area contributed by atoms with Crippen LogP contribution in [0.1, 0.15) is 16.7 Å². The Hall–Kier alpha value is -1.21. The maximum Gasteiger partial charge on any atom is 0.285 e. The maximum atomic E-state index is 12.1. The van der Waals surface area contributed by atoms with Crippen LogP contribution in [0.4, 0.5) is 5.13 Å². The molecule has 0 bridgehead atoms. The average molecular weight is 241 g/mol. The molecule has 0 saturated carbocycles. The predicted molar refractivity (Wildman–Crippen MR) is 62.3 cm³/mol. The van der Waals surface area contributed by atoms with Crippen LogP contribution in [0.25, 0.3) is 0 Å². The third-order valence-corrected chi connectivity index (χ3v) is 3.46. The lowest BCUT2D eigenvalue weighted by Gasteiger charge is -2.37. The Kier molecular flexibility index (Phi) is 3.06. The third-order valence-electron chi connectivity index (χ3n) is 2.72. The number of amides is 1. The maximum absolute atomic E-state index is 12.1. The van der Waals surface area contributed by atoms with Gasteiger partial charge in [-0.2, -0.15) is 0 Å². The second kappa shape index (κ2) is 4.34. The summed E-state index contributed by atoms with van der Waals surface area (Å²) in [5.41, 5.74) is 5.47. The number of nitrogens with two attached hydrogens (primary N) is 1. The van der Waals surface area contributed by atoms with Gasteiger partial charge in [-0.25, -0.2) is 0 Å². The summed E-state index contributed by atoms with van der Waals surface area (Å²) in [5.74, 6) is -0.0604. The van der Waals surface area contributed by atoms with E-state index in [2.05, 4.69) is 22.1 Å². The molecule has 1 atom stereocenters. The number of hydrogen-bond acceptors (Lipinski definition) is 6. The van der Waals surface area contributed by atoms with Crippen molar-refractivity contribution in [2.24, 2.45) is 0 Å². The molecule has 2 rings (SSSR count). The van der Waals surface area contributed by atoms with E-state index in [-0.39, 0.29) is 11.9 Å². The van der Waals surface area contributed by atoms with Crippen LogP contribution >= 0.6 is 11.3 Å². The van der Waals surface area contributed by atoms with E-state index in [1.165, 1.54) is 0 Å². The molecule has 0 radical (unpaired) electrons. The molecule has 1 aliphatic heterocycles. The van der Waals surface area contributed by atoms with Gasteiger partial charge in [0.2, 0.25) is 10.1 Å². The summed E-state index contributed by atoms with van der Waals surface area (Å²) in [7, 11) is 2.06. The zero-order valence-electron chi connectivity index (χ0n) is 9.38. The van der Waals surface area contributed by atoms with Gasteiger partial charge in [-0.05, 0) is 14.0 Å². The minimum atomic E-state index is -0.0604. The standard InChI is InChI=1S/C9H15N5OS/c1-6-5-13(2)3-4-14(6)8(15)7-11-12-9(10)16-7/h6H,3-5H2,1-2H3,(H2,10,12). The van der Waals surface area contributed by atoms with Gasteiger partial charge in [-0.15, -0.1) is 10.2 Å². The zero-order chi connectivity index (χ0) is 11.7. The Labute approximate surface area is 98.0 Å². The van der Waals surface area contributed by atoms with Gasteiger partial charge < -0.3 is 15.5 Å². The highest BCUT2D eigenvalue weighted by atomic mass is 32.1. The van der Waals surface area contributed by atoms with Crippen LogP contribution < -0.4 is 5.73 Å².